The first-order chi connectivity index (χ1) is 10.4. The van der Waals surface area contributed by atoms with Gasteiger partial charge >= 0.3 is 0 Å². The molecule has 22 heavy (non-hydrogen) atoms. The molecule has 0 aliphatic carbocycles. The molecule has 0 spiro atoms. The molecule has 3 rings (SSSR count). The van der Waals surface area contributed by atoms with Crippen LogP contribution in [0.1, 0.15) is 32.8 Å². The second-order valence-electron chi connectivity index (χ2n) is 6.84. The number of aliphatic imine (C=N–C) groups is 1. The van der Waals surface area contributed by atoms with Gasteiger partial charge in [-0.05, 0) is 26.3 Å². The Morgan fingerprint density at radius 3 is 3.09 bits per heavy atom. The number of nitrogens with zero attached hydrogens (tertiary/aromatic N) is 4. The van der Waals surface area contributed by atoms with E-state index >= 15 is 0 Å². The van der Waals surface area contributed by atoms with Gasteiger partial charge < -0.3 is 15.4 Å². The number of anilines is 1. The second kappa shape index (κ2) is 5.05. The zero-order chi connectivity index (χ0) is 16.0. The van der Waals surface area contributed by atoms with Crippen molar-refractivity contribution in [3.05, 3.63) is 30.7 Å². The first-order valence-electron chi connectivity index (χ1n) is 7.51. The maximum Gasteiger partial charge on any atom is 0.137 e. The van der Waals surface area contributed by atoms with Gasteiger partial charge in [0.1, 0.15) is 24.6 Å². The summed E-state index contributed by atoms with van der Waals surface area (Å²) in [6.07, 6.45) is 5.95. The predicted molar refractivity (Wildman–Crippen MR) is 87.0 cm³/mol. The number of fused-ring (bicyclic) bond motifs is 3. The van der Waals surface area contributed by atoms with Gasteiger partial charge in [-0.25, -0.2) is 15.0 Å². The topological polar surface area (TPSA) is 76.6 Å². The summed E-state index contributed by atoms with van der Waals surface area (Å²) in [6, 6.07) is 0.268. The molecular weight excluding hydrogens is 278 g/mol. The standard InChI is InChI=1S/C16H23N5O/c1-5-13(17)20-10-21-12-6-15(2,3)22-8-16(12,4)11-7-18-9-19-14(11)21/h5,7,9,12H,1,6,8,10H2,2-4H3,(H2,17,20)/t12-,16-/m1/s1. The van der Waals surface area contributed by atoms with Crippen LogP contribution in [-0.2, 0) is 10.2 Å². The minimum atomic E-state index is -0.161. The molecule has 0 aromatic carbocycles. The summed E-state index contributed by atoms with van der Waals surface area (Å²) in [6.45, 7) is 11.2. The highest BCUT2D eigenvalue weighted by atomic mass is 16.5. The summed E-state index contributed by atoms with van der Waals surface area (Å²) < 4.78 is 6.08. The van der Waals surface area contributed by atoms with Crippen LogP contribution in [0.4, 0.5) is 5.82 Å². The first-order valence-corrected chi connectivity index (χ1v) is 7.51. The number of ether oxygens (including phenoxy) is 1. The molecule has 1 fully saturated rings. The third kappa shape index (κ3) is 2.27. The Labute approximate surface area is 131 Å². The lowest BCUT2D eigenvalue weighted by Crippen LogP contribution is -2.55. The maximum atomic E-state index is 6.08. The van der Waals surface area contributed by atoms with Crippen LogP contribution < -0.4 is 10.6 Å². The largest absolute Gasteiger partial charge is 0.384 e. The third-order valence-electron chi connectivity index (χ3n) is 4.75. The van der Waals surface area contributed by atoms with Gasteiger partial charge in [-0.15, -0.1) is 0 Å². The molecule has 1 aromatic rings. The predicted octanol–water partition coefficient (Wildman–Crippen LogP) is 1.62. The van der Waals surface area contributed by atoms with E-state index in [-0.39, 0.29) is 17.1 Å². The Kier molecular flexibility index (Phi) is 3.44. The SMILES string of the molecule is C=C/C(N)=N\CN1c2ncncc2[C@@]2(C)COC(C)(C)C[C@@H]12. The van der Waals surface area contributed by atoms with Gasteiger partial charge in [-0.3, -0.25) is 0 Å². The van der Waals surface area contributed by atoms with Crippen molar-refractivity contribution >= 4 is 11.7 Å². The molecule has 2 aliphatic heterocycles. The molecule has 0 unspecified atom stereocenters. The molecule has 6 nitrogen and oxygen atoms in total. The summed E-state index contributed by atoms with van der Waals surface area (Å²) in [5.74, 6) is 1.37. The number of aromatic nitrogens is 2. The van der Waals surface area contributed by atoms with Crippen molar-refractivity contribution in [2.75, 3.05) is 18.2 Å². The van der Waals surface area contributed by atoms with Crippen LogP contribution >= 0.6 is 0 Å². The van der Waals surface area contributed by atoms with E-state index in [1.165, 1.54) is 0 Å². The highest BCUT2D eigenvalue weighted by Crippen LogP contribution is 2.49. The average molecular weight is 301 g/mol. The number of hydrogen-bond acceptors (Lipinski definition) is 5. The smallest absolute Gasteiger partial charge is 0.137 e. The number of rotatable bonds is 3. The minimum absolute atomic E-state index is 0.120. The summed E-state index contributed by atoms with van der Waals surface area (Å²) in [5, 5.41) is 0. The van der Waals surface area contributed by atoms with Crippen LogP contribution in [0.15, 0.2) is 30.2 Å². The van der Waals surface area contributed by atoms with E-state index < -0.39 is 0 Å². The number of hydrogen-bond donors (Lipinski definition) is 1. The minimum Gasteiger partial charge on any atom is -0.384 e. The van der Waals surface area contributed by atoms with Gasteiger partial charge in [0, 0.05) is 23.2 Å². The molecule has 0 saturated carbocycles. The van der Waals surface area contributed by atoms with Crippen LogP contribution in [0.5, 0.6) is 0 Å². The Morgan fingerprint density at radius 1 is 1.59 bits per heavy atom. The summed E-state index contributed by atoms with van der Waals surface area (Å²) in [7, 11) is 0. The Bertz CT molecular complexity index is 627. The van der Waals surface area contributed by atoms with Crippen molar-refractivity contribution in [1.29, 1.82) is 0 Å². The summed E-state index contributed by atoms with van der Waals surface area (Å²) in [4.78, 5) is 15.3. The van der Waals surface area contributed by atoms with Crippen molar-refractivity contribution < 1.29 is 4.74 Å². The molecule has 0 radical (unpaired) electrons. The van der Waals surface area contributed by atoms with E-state index in [4.69, 9.17) is 10.5 Å². The van der Waals surface area contributed by atoms with Crippen LogP contribution in [0.25, 0.3) is 0 Å². The maximum absolute atomic E-state index is 6.08. The fraction of sp³-hybridized carbons (Fsp3) is 0.562. The highest BCUT2D eigenvalue weighted by Gasteiger charge is 2.54. The van der Waals surface area contributed by atoms with E-state index in [9.17, 15) is 0 Å². The van der Waals surface area contributed by atoms with Crippen molar-refractivity contribution in [3.63, 3.8) is 0 Å². The van der Waals surface area contributed by atoms with Crippen LogP contribution in [0, 0.1) is 0 Å². The Balaban J connectivity index is 2.01. The van der Waals surface area contributed by atoms with E-state index in [1.807, 2.05) is 6.20 Å². The second-order valence-corrected chi connectivity index (χ2v) is 6.84. The van der Waals surface area contributed by atoms with Crippen molar-refractivity contribution in [2.24, 2.45) is 10.7 Å². The molecule has 3 heterocycles. The molecule has 118 valence electrons. The van der Waals surface area contributed by atoms with E-state index in [0.717, 1.165) is 17.8 Å². The van der Waals surface area contributed by atoms with Crippen molar-refractivity contribution in [3.8, 4) is 0 Å². The molecule has 2 aliphatic rings. The lowest BCUT2D eigenvalue weighted by Gasteiger charge is -2.46. The first kappa shape index (κ1) is 15.0. The quantitative estimate of drug-likeness (QED) is 0.678. The van der Waals surface area contributed by atoms with Gasteiger partial charge in [0.15, 0.2) is 0 Å². The van der Waals surface area contributed by atoms with Crippen LogP contribution in [-0.4, -0.2) is 40.7 Å². The van der Waals surface area contributed by atoms with Crippen LogP contribution in [0.2, 0.25) is 0 Å². The van der Waals surface area contributed by atoms with Gasteiger partial charge in [0.05, 0.1) is 12.2 Å². The molecule has 1 saturated heterocycles. The fourth-order valence-electron chi connectivity index (χ4n) is 3.39. The molecule has 6 heteroatoms. The zero-order valence-corrected chi connectivity index (χ0v) is 13.4. The van der Waals surface area contributed by atoms with Gasteiger partial charge in [0.2, 0.25) is 0 Å². The van der Waals surface area contributed by atoms with Crippen molar-refractivity contribution in [1.82, 2.24) is 9.97 Å². The Morgan fingerprint density at radius 2 is 2.36 bits per heavy atom. The van der Waals surface area contributed by atoms with E-state index in [0.29, 0.717) is 19.1 Å². The van der Waals surface area contributed by atoms with Gasteiger partial charge in [-0.1, -0.05) is 13.5 Å². The lowest BCUT2D eigenvalue weighted by atomic mass is 9.74. The number of amidine groups is 1. The average Bonchev–Trinajstić information content (AvgIpc) is 2.73. The van der Waals surface area contributed by atoms with Gasteiger partial charge in [0.25, 0.3) is 0 Å². The summed E-state index contributed by atoms with van der Waals surface area (Å²) in [5.41, 5.74) is 6.62. The normalized spacial score (nSPS) is 29.9. The molecular formula is C16H23N5O. The molecule has 2 N–H and O–H groups in total. The number of nitrogens with two attached hydrogens (primary N) is 1. The van der Waals surface area contributed by atoms with Crippen LogP contribution in [0.3, 0.4) is 0 Å². The van der Waals surface area contributed by atoms with E-state index in [2.05, 4.69) is 47.2 Å². The zero-order valence-electron chi connectivity index (χ0n) is 13.4. The summed E-state index contributed by atoms with van der Waals surface area (Å²) >= 11 is 0. The Hall–Kier alpha value is -1.95. The third-order valence-corrected chi connectivity index (χ3v) is 4.75. The lowest BCUT2D eigenvalue weighted by molar-refractivity contribution is -0.0903. The molecule has 2 atom stereocenters. The molecule has 0 amide bonds. The van der Waals surface area contributed by atoms with E-state index in [1.54, 1.807) is 12.4 Å². The monoisotopic (exact) mass is 301 g/mol. The van der Waals surface area contributed by atoms with Gasteiger partial charge in [-0.2, -0.15) is 0 Å². The molecule has 1 aromatic heterocycles. The highest BCUT2D eigenvalue weighted by molar-refractivity contribution is 5.90. The fourth-order valence-corrected chi connectivity index (χ4v) is 3.39. The molecule has 0 bridgehead atoms. The van der Waals surface area contributed by atoms with Crippen molar-refractivity contribution in [2.45, 2.75) is 44.2 Å².